The van der Waals surface area contributed by atoms with Crippen molar-refractivity contribution in [2.75, 3.05) is 78.5 Å². The Hall–Kier alpha value is -5.42. The van der Waals surface area contributed by atoms with Crippen molar-refractivity contribution < 1.29 is 61.6 Å². The first-order valence-corrected chi connectivity index (χ1v) is 34.6. The van der Waals surface area contributed by atoms with E-state index < -0.39 is 69.0 Å². The molecule has 6 heterocycles. The summed E-state index contributed by atoms with van der Waals surface area (Å²) in [5.41, 5.74) is 5.17. The minimum Gasteiger partial charge on any atom is -0.481 e. The van der Waals surface area contributed by atoms with Gasteiger partial charge in [-0.3, -0.25) is 28.8 Å². The van der Waals surface area contributed by atoms with Crippen LogP contribution >= 0.6 is 46.4 Å². The molecule has 4 saturated carbocycles. The molecular formula is C71H89Cl4F2N7O11. The topological polar surface area (TPSA) is 242 Å². The fourth-order valence-electron chi connectivity index (χ4n) is 17.5. The number of nitrogens with one attached hydrogen (secondary N) is 2. The maximum absolute atomic E-state index is 16.2. The molecule has 8 aliphatic rings. The van der Waals surface area contributed by atoms with E-state index in [9.17, 15) is 33.9 Å². The van der Waals surface area contributed by atoms with E-state index in [2.05, 4.69) is 48.3 Å². The van der Waals surface area contributed by atoms with Gasteiger partial charge < -0.3 is 50.2 Å². The molecule has 6 fully saturated rings. The average molecular weight is 1400 g/mol. The van der Waals surface area contributed by atoms with Crippen molar-refractivity contribution in [2.45, 2.75) is 165 Å². The maximum atomic E-state index is 16.2. The van der Waals surface area contributed by atoms with E-state index >= 15 is 8.78 Å². The van der Waals surface area contributed by atoms with Gasteiger partial charge in [-0.2, -0.15) is 0 Å². The molecule has 4 aliphatic heterocycles. The SMILES string of the molecule is CC1(C)CCC2(CC1)C[C@@H](C(=O)O)[C@H](c1ccnc(Cl)c1F)C21C(=O)Nc2cc(Cl)ccc21.COCCN(C)C(=O)[C@@H]1CC[C@@H](CC(=O)[C@@H]2CC3(CCC(C)(C)CC3)[C@@]3(C(=O)Nc4cc(Cl)ccc43)[C@H]2c2ccnc(Cl)c2F)CO1.COCCN(C)C(=O)[C@@H]1CC[C@@H](N)CO1. The first kappa shape index (κ1) is 72.3. The number of carbonyl (C=O) groups excluding carboxylic acids is 5. The van der Waals surface area contributed by atoms with Gasteiger partial charge in [0.2, 0.25) is 11.8 Å². The van der Waals surface area contributed by atoms with Gasteiger partial charge in [0.25, 0.3) is 11.8 Å². The molecule has 516 valence electrons. The number of Topliss-reactive ketones (excluding diaryl/α,β-unsaturated/α-hetero) is 1. The monoisotopic (exact) mass is 1390 g/mol. The van der Waals surface area contributed by atoms with Gasteiger partial charge in [-0.1, -0.05) is 86.2 Å². The Bertz CT molecular complexity index is 3550. The molecule has 2 aromatic carbocycles. The van der Waals surface area contributed by atoms with Gasteiger partial charge in [-0.25, -0.2) is 18.7 Å². The zero-order valence-corrected chi connectivity index (χ0v) is 58.4. The number of hydrogen-bond acceptors (Lipinski definition) is 13. The highest BCUT2D eigenvalue weighted by Crippen LogP contribution is 2.74. The lowest BCUT2D eigenvalue weighted by Crippen LogP contribution is -2.52. The summed E-state index contributed by atoms with van der Waals surface area (Å²) in [6, 6.07) is 13.7. The number of carbonyl (C=O) groups is 6. The van der Waals surface area contributed by atoms with Gasteiger partial charge in [0.05, 0.1) is 43.2 Å². The first-order chi connectivity index (χ1) is 45.0. The van der Waals surface area contributed by atoms with E-state index in [1.807, 2.05) is 6.07 Å². The molecule has 5 N–H and O–H groups in total. The molecule has 0 radical (unpaired) electrons. The molecule has 2 aromatic heterocycles. The van der Waals surface area contributed by atoms with E-state index in [0.29, 0.717) is 92.0 Å². The van der Waals surface area contributed by atoms with Crippen molar-refractivity contribution in [3.05, 3.63) is 115 Å². The van der Waals surface area contributed by atoms with Crippen molar-refractivity contribution in [3.63, 3.8) is 0 Å². The minimum absolute atomic E-state index is 0.0192. The van der Waals surface area contributed by atoms with E-state index in [0.717, 1.165) is 56.9 Å². The third-order valence-corrected chi connectivity index (χ3v) is 23.7. The molecule has 10 atom stereocenters. The summed E-state index contributed by atoms with van der Waals surface area (Å²) >= 11 is 25.0. The molecule has 0 bridgehead atoms. The third kappa shape index (κ3) is 13.6. The lowest BCUT2D eigenvalue weighted by molar-refractivity contribution is -0.148. The normalized spacial score (nSPS) is 28.7. The Morgan fingerprint density at radius 3 is 1.45 bits per heavy atom. The molecule has 4 aliphatic carbocycles. The van der Waals surface area contributed by atoms with Crippen LogP contribution < -0.4 is 16.4 Å². The Balaban J connectivity index is 0.000000177. The number of fused-ring (bicyclic) bond motifs is 6. The van der Waals surface area contributed by atoms with Crippen LogP contribution in [0.3, 0.4) is 0 Å². The van der Waals surface area contributed by atoms with E-state index in [4.69, 9.17) is 71.1 Å². The molecule has 4 aromatic rings. The number of nitrogens with zero attached hydrogens (tertiary/aromatic N) is 4. The van der Waals surface area contributed by atoms with Gasteiger partial charge in [0.15, 0.2) is 21.9 Å². The first-order valence-electron chi connectivity index (χ1n) is 33.1. The smallest absolute Gasteiger partial charge is 0.307 e. The zero-order valence-electron chi connectivity index (χ0n) is 55.4. The molecule has 12 rings (SSSR count). The Morgan fingerprint density at radius 1 is 0.632 bits per heavy atom. The number of hydrogen-bond donors (Lipinski definition) is 4. The second-order valence-corrected chi connectivity index (χ2v) is 30.9. The third-order valence-electron chi connectivity index (χ3n) is 22.7. The van der Waals surface area contributed by atoms with Gasteiger partial charge >= 0.3 is 5.97 Å². The number of aromatic nitrogens is 2. The number of rotatable bonds is 14. The molecule has 1 unspecified atom stereocenters. The minimum atomic E-state index is -1.25. The quantitative estimate of drug-likeness (QED) is 0.0859. The Labute approximate surface area is 575 Å². The van der Waals surface area contributed by atoms with Crippen molar-refractivity contribution in [1.29, 1.82) is 0 Å². The standard InChI is InChI=1S/C36H44Cl2FN3O5.C25H25Cl2FN2O3.C10H20N2O3/c1-34(2)10-12-35(13-11-34)19-24(27(43)17-21-5-8-28(47-20-21)32(44)42(3)15-16-46-4)29(23-9-14-40-31(38)30(23)39)36(35)25-7-6-22(37)18-26(25)41-33(36)45;1-23(2)6-8-24(9-7-23)12-15(21(31)32)18(14-5-10-29-20(27)19(14)28)25(24)16-4-3-13(26)11-17(16)30-22(25)33;1-12(5-6-14-2)10(13)9-4-3-8(11)7-15-9/h6-7,9,14,18,21,24,28-29H,5,8,10-13,15-17,19-20H2,1-4H3,(H,41,45);3-5,10-11,15,18H,6-9,12H2,1-2H3,(H,30,33)(H,31,32);8-9H,3-7,11H2,1-2H3/t21-,24-,28-,29-,36+;15-,18+,25?;8-,9+/m011/s1. The zero-order chi connectivity index (χ0) is 68.7. The van der Waals surface area contributed by atoms with Crippen LogP contribution in [0.4, 0.5) is 20.2 Å². The summed E-state index contributed by atoms with van der Waals surface area (Å²) in [5, 5.41) is 16.7. The molecule has 24 heteroatoms. The van der Waals surface area contributed by atoms with Gasteiger partial charge in [-0.15, -0.1) is 0 Å². The summed E-state index contributed by atoms with van der Waals surface area (Å²) in [4.78, 5) is 91.7. The van der Waals surface area contributed by atoms with E-state index in [1.54, 1.807) is 74.5 Å². The van der Waals surface area contributed by atoms with Crippen LogP contribution in [0.2, 0.25) is 20.4 Å². The Morgan fingerprint density at radius 2 is 1.05 bits per heavy atom. The lowest BCUT2D eigenvalue weighted by Gasteiger charge is -2.51. The van der Waals surface area contributed by atoms with Crippen LogP contribution in [0.15, 0.2) is 60.9 Å². The fourth-order valence-corrected chi connectivity index (χ4v) is 18.1. The predicted octanol–water partition coefficient (Wildman–Crippen LogP) is 12.8. The van der Waals surface area contributed by atoms with E-state index in [1.165, 1.54) is 18.5 Å². The number of likely N-dealkylation sites (N-methyl/N-ethyl adjacent to an activating group) is 2. The summed E-state index contributed by atoms with van der Waals surface area (Å²) in [6.07, 6.45) is 11.9. The second kappa shape index (κ2) is 28.8. The average Bonchev–Trinajstić information content (AvgIpc) is 1.52. The van der Waals surface area contributed by atoms with Crippen molar-refractivity contribution in [1.82, 2.24) is 19.8 Å². The number of carboxylic acids is 1. The number of ketones is 1. The molecular weight excluding hydrogens is 1310 g/mol. The van der Waals surface area contributed by atoms with Crippen molar-refractivity contribution in [3.8, 4) is 0 Å². The number of halogens is 6. The molecule has 4 amide bonds. The number of amides is 4. The van der Waals surface area contributed by atoms with Crippen LogP contribution in [-0.2, 0) is 58.5 Å². The highest BCUT2D eigenvalue weighted by Gasteiger charge is 2.74. The van der Waals surface area contributed by atoms with Crippen LogP contribution in [-0.4, -0.2) is 146 Å². The summed E-state index contributed by atoms with van der Waals surface area (Å²) in [6.45, 7) is 11.7. The molecule has 18 nitrogen and oxygen atoms in total. The fraction of sp³-hybridized carbons (Fsp3) is 0.606. The van der Waals surface area contributed by atoms with Crippen LogP contribution in [0.25, 0.3) is 0 Å². The van der Waals surface area contributed by atoms with Crippen molar-refractivity contribution >= 4 is 93.2 Å². The number of aliphatic carboxylic acids is 1. The largest absolute Gasteiger partial charge is 0.481 e. The van der Waals surface area contributed by atoms with Gasteiger partial charge in [0, 0.05) is 105 Å². The van der Waals surface area contributed by atoms with E-state index in [-0.39, 0.29) is 99.2 Å². The second-order valence-electron chi connectivity index (χ2n) is 29.3. The molecule has 4 spiro atoms. The highest BCUT2D eigenvalue weighted by molar-refractivity contribution is 6.32. The summed E-state index contributed by atoms with van der Waals surface area (Å²) in [7, 11) is 6.71. The maximum Gasteiger partial charge on any atom is 0.307 e. The van der Waals surface area contributed by atoms with Gasteiger partial charge in [0.1, 0.15) is 18.0 Å². The Kier molecular flexibility index (Phi) is 21.9. The summed E-state index contributed by atoms with van der Waals surface area (Å²) in [5.74, 6) is -6.52. The highest BCUT2D eigenvalue weighted by atomic mass is 35.5. The number of benzene rings is 2. The molecule has 2 saturated heterocycles. The van der Waals surface area contributed by atoms with Crippen LogP contribution in [0.5, 0.6) is 0 Å². The number of pyridine rings is 2. The summed E-state index contributed by atoms with van der Waals surface area (Å²) < 4.78 is 53.0. The van der Waals surface area contributed by atoms with Crippen LogP contribution in [0, 0.1) is 51.0 Å². The molecule has 95 heavy (non-hydrogen) atoms. The predicted molar refractivity (Wildman–Crippen MR) is 359 cm³/mol. The lowest BCUT2D eigenvalue weighted by atomic mass is 9.51. The van der Waals surface area contributed by atoms with Gasteiger partial charge in [-0.05, 0) is 176 Å². The number of anilines is 2. The van der Waals surface area contributed by atoms with Crippen LogP contribution in [0.1, 0.15) is 158 Å². The number of methoxy groups -OCH3 is 2. The van der Waals surface area contributed by atoms with Crippen molar-refractivity contribution in [2.24, 2.45) is 45.1 Å². The number of carboxylic acid groups (broad SMARTS) is 1. The number of ether oxygens (including phenoxy) is 4. The number of nitrogens with two attached hydrogens (primary N) is 1.